The molecule has 1 heterocycles. The van der Waals surface area contributed by atoms with Crippen LogP contribution in [0, 0.1) is 5.41 Å². The highest BCUT2D eigenvalue weighted by molar-refractivity contribution is 7.12. The maximum absolute atomic E-state index is 12.5. The molecular weight excluding hydrogens is 322 g/mol. The smallest absolute Gasteiger partial charge is 0.265 e. The second-order valence-electron chi connectivity index (χ2n) is 5.65. The molecule has 0 aliphatic rings. The Morgan fingerprint density at radius 2 is 1.62 bits per heavy atom. The SMILES string of the molecule is CCC(CC)(CN)C(=O)Nc1ccc(NC(=O)c2cccs2)cc1. The average molecular weight is 345 g/mol. The number of hydrogen-bond donors (Lipinski definition) is 3. The van der Waals surface area contributed by atoms with Gasteiger partial charge in [-0.2, -0.15) is 0 Å². The number of amides is 2. The van der Waals surface area contributed by atoms with Crippen molar-refractivity contribution in [3.63, 3.8) is 0 Å². The maximum Gasteiger partial charge on any atom is 0.265 e. The molecule has 0 aliphatic heterocycles. The summed E-state index contributed by atoms with van der Waals surface area (Å²) < 4.78 is 0. The molecule has 4 N–H and O–H groups in total. The molecule has 0 fully saturated rings. The first kappa shape index (κ1) is 18.2. The monoisotopic (exact) mass is 345 g/mol. The lowest BCUT2D eigenvalue weighted by Crippen LogP contribution is -2.41. The van der Waals surface area contributed by atoms with Crippen molar-refractivity contribution >= 4 is 34.5 Å². The summed E-state index contributed by atoms with van der Waals surface area (Å²) in [5, 5.41) is 7.60. The Bertz CT molecular complexity index is 669. The highest BCUT2D eigenvalue weighted by atomic mass is 32.1. The fourth-order valence-electron chi connectivity index (χ4n) is 2.45. The van der Waals surface area contributed by atoms with Crippen molar-refractivity contribution in [3.05, 3.63) is 46.7 Å². The Labute approximate surface area is 146 Å². The average Bonchev–Trinajstić information content (AvgIpc) is 3.13. The number of benzene rings is 1. The van der Waals surface area contributed by atoms with E-state index in [-0.39, 0.29) is 11.8 Å². The Balaban J connectivity index is 2.02. The van der Waals surface area contributed by atoms with E-state index in [2.05, 4.69) is 10.6 Å². The second-order valence-corrected chi connectivity index (χ2v) is 6.60. The third-order valence-corrected chi connectivity index (χ3v) is 5.24. The molecule has 0 saturated carbocycles. The van der Waals surface area contributed by atoms with Crippen LogP contribution in [0.25, 0.3) is 0 Å². The first-order valence-electron chi connectivity index (χ1n) is 8.01. The predicted molar refractivity (Wildman–Crippen MR) is 99.4 cm³/mol. The van der Waals surface area contributed by atoms with Gasteiger partial charge < -0.3 is 16.4 Å². The third kappa shape index (κ3) is 4.01. The van der Waals surface area contributed by atoms with Crippen LogP contribution < -0.4 is 16.4 Å². The van der Waals surface area contributed by atoms with Crippen molar-refractivity contribution in [1.82, 2.24) is 0 Å². The molecule has 24 heavy (non-hydrogen) atoms. The number of carbonyl (C=O) groups is 2. The fourth-order valence-corrected chi connectivity index (χ4v) is 3.07. The van der Waals surface area contributed by atoms with Crippen LogP contribution in [0.1, 0.15) is 36.4 Å². The van der Waals surface area contributed by atoms with Crippen molar-refractivity contribution in [2.75, 3.05) is 17.2 Å². The van der Waals surface area contributed by atoms with Gasteiger partial charge in [0.25, 0.3) is 5.91 Å². The maximum atomic E-state index is 12.5. The third-order valence-electron chi connectivity index (χ3n) is 4.37. The molecule has 0 spiro atoms. The van der Waals surface area contributed by atoms with Gasteiger partial charge in [0.1, 0.15) is 0 Å². The summed E-state index contributed by atoms with van der Waals surface area (Å²) >= 11 is 1.39. The molecule has 1 aromatic carbocycles. The van der Waals surface area contributed by atoms with Crippen molar-refractivity contribution < 1.29 is 9.59 Å². The number of anilines is 2. The van der Waals surface area contributed by atoms with Gasteiger partial charge in [0.05, 0.1) is 10.3 Å². The number of rotatable bonds is 7. The zero-order valence-corrected chi connectivity index (χ0v) is 14.8. The van der Waals surface area contributed by atoms with Gasteiger partial charge in [0.15, 0.2) is 0 Å². The Kier molecular flexibility index (Phi) is 6.11. The summed E-state index contributed by atoms with van der Waals surface area (Å²) in [4.78, 5) is 25.1. The molecule has 6 heteroatoms. The van der Waals surface area contributed by atoms with E-state index in [4.69, 9.17) is 5.73 Å². The largest absolute Gasteiger partial charge is 0.329 e. The zero-order chi connectivity index (χ0) is 17.6. The van der Waals surface area contributed by atoms with Crippen molar-refractivity contribution in [3.8, 4) is 0 Å². The molecule has 128 valence electrons. The highest BCUT2D eigenvalue weighted by Crippen LogP contribution is 2.27. The Hall–Kier alpha value is -2.18. The van der Waals surface area contributed by atoms with E-state index in [1.54, 1.807) is 30.3 Å². The van der Waals surface area contributed by atoms with E-state index in [1.807, 2.05) is 25.3 Å². The van der Waals surface area contributed by atoms with E-state index in [0.29, 0.717) is 35.6 Å². The first-order chi connectivity index (χ1) is 11.5. The quantitative estimate of drug-likeness (QED) is 0.715. The van der Waals surface area contributed by atoms with Gasteiger partial charge in [0.2, 0.25) is 5.91 Å². The van der Waals surface area contributed by atoms with E-state index in [1.165, 1.54) is 11.3 Å². The number of nitrogens with two attached hydrogens (primary N) is 1. The molecule has 2 aromatic rings. The second kappa shape index (κ2) is 8.08. The van der Waals surface area contributed by atoms with Crippen LogP contribution in [0.3, 0.4) is 0 Å². The van der Waals surface area contributed by atoms with E-state index in [9.17, 15) is 9.59 Å². The lowest BCUT2D eigenvalue weighted by molar-refractivity contribution is -0.125. The van der Waals surface area contributed by atoms with Gasteiger partial charge in [-0.25, -0.2) is 0 Å². The van der Waals surface area contributed by atoms with Crippen LogP contribution in [0.4, 0.5) is 11.4 Å². The van der Waals surface area contributed by atoms with Crippen LogP contribution >= 0.6 is 11.3 Å². The van der Waals surface area contributed by atoms with Crippen molar-refractivity contribution in [2.24, 2.45) is 11.1 Å². The summed E-state index contributed by atoms with van der Waals surface area (Å²) in [6.45, 7) is 4.26. The molecule has 0 radical (unpaired) electrons. The molecule has 5 nitrogen and oxygen atoms in total. The van der Waals surface area contributed by atoms with Crippen LogP contribution in [0.15, 0.2) is 41.8 Å². The molecule has 0 atom stereocenters. The predicted octanol–water partition coefficient (Wildman–Crippen LogP) is 3.70. The summed E-state index contributed by atoms with van der Waals surface area (Å²) in [6.07, 6.45) is 1.39. The Morgan fingerprint density at radius 1 is 1.04 bits per heavy atom. The van der Waals surface area contributed by atoms with Gasteiger partial charge >= 0.3 is 0 Å². The minimum atomic E-state index is -0.536. The zero-order valence-electron chi connectivity index (χ0n) is 14.0. The summed E-state index contributed by atoms with van der Waals surface area (Å²) in [5.74, 6) is -0.203. The van der Waals surface area contributed by atoms with Crippen LogP contribution in [0.2, 0.25) is 0 Å². The molecule has 0 bridgehead atoms. The van der Waals surface area contributed by atoms with Crippen molar-refractivity contribution in [2.45, 2.75) is 26.7 Å². The highest BCUT2D eigenvalue weighted by Gasteiger charge is 2.33. The molecule has 0 aliphatic carbocycles. The molecule has 0 saturated heterocycles. The minimum absolute atomic E-state index is 0.0645. The summed E-state index contributed by atoms with van der Waals surface area (Å²) in [7, 11) is 0. The first-order valence-corrected chi connectivity index (χ1v) is 8.89. The van der Waals surface area contributed by atoms with E-state index >= 15 is 0 Å². The topological polar surface area (TPSA) is 84.2 Å². The number of hydrogen-bond acceptors (Lipinski definition) is 4. The lowest BCUT2D eigenvalue weighted by Gasteiger charge is -2.28. The van der Waals surface area contributed by atoms with Gasteiger partial charge in [0, 0.05) is 17.9 Å². The molecule has 2 amide bonds. The number of thiophene rings is 1. The Morgan fingerprint density at radius 3 is 2.08 bits per heavy atom. The van der Waals surface area contributed by atoms with E-state index < -0.39 is 5.41 Å². The normalized spacial score (nSPS) is 11.1. The van der Waals surface area contributed by atoms with E-state index in [0.717, 1.165) is 0 Å². The van der Waals surface area contributed by atoms with Gasteiger partial charge in [-0.15, -0.1) is 11.3 Å². The minimum Gasteiger partial charge on any atom is -0.329 e. The summed E-state index contributed by atoms with van der Waals surface area (Å²) in [6, 6.07) is 10.7. The molecular formula is C18H23N3O2S. The van der Waals surface area contributed by atoms with Crippen molar-refractivity contribution in [1.29, 1.82) is 0 Å². The summed E-state index contributed by atoms with van der Waals surface area (Å²) in [5.41, 5.74) is 6.64. The molecule has 0 unspecified atom stereocenters. The fraction of sp³-hybridized carbons (Fsp3) is 0.333. The van der Waals surface area contributed by atoms with Gasteiger partial charge in [-0.3, -0.25) is 9.59 Å². The number of nitrogens with one attached hydrogen (secondary N) is 2. The number of carbonyl (C=O) groups excluding carboxylic acids is 2. The standard InChI is InChI=1S/C18H23N3O2S/c1-3-18(4-2,12-19)17(23)21-14-9-7-13(8-10-14)20-16(22)15-6-5-11-24-15/h5-11H,3-4,12,19H2,1-2H3,(H,20,22)(H,21,23). The lowest BCUT2D eigenvalue weighted by atomic mass is 9.81. The molecule has 2 rings (SSSR count). The molecule has 1 aromatic heterocycles. The van der Waals surface area contributed by atoms with Crippen LogP contribution in [-0.2, 0) is 4.79 Å². The van der Waals surface area contributed by atoms with Gasteiger partial charge in [-0.1, -0.05) is 19.9 Å². The van der Waals surface area contributed by atoms with Crippen LogP contribution in [-0.4, -0.2) is 18.4 Å². The van der Waals surface area contributed by atoms with Gasteiger partial charge in [-0.05, 0) is 48.6 Å². The van der Waals surface area contributed by atoms with Crippen LogP contribution in [0.5, 0.6) is 0 Å².